The van der Waals surface area contributed by atoms with Crippen molar-refractivity contribution in [2.75, 3.05) is 13.1 Å². The molecule has 3 aromatic rings. The Balaban J connectivity index is 1.22. The van der Waals surface area contributed by atoms with Gasteiger partial charge in [0.1, 0.15) is 6.10 Å². The number of aryl methyl sites for hydroxylation is 1. The first-order valence-corrected chi connectivity index (χ1v) is 9.12. The van der Waals surface area contributed by atoms with Gasteiger partial charge in [0, 0.05) is 17.9 Å². The molecule has 0 aliphatic carbocycles. The molecule has 1 saturated heterocycles. The average molecular weight is 346 g/mol. The minimum atomic E-state index is 0.0433. The van der Waals surface area contributed by atoms with E-state index in [0.717, 1.165) is 23.7 Å². The molecule has 1 amide bonds. The summed E-state index contributed by atoms with van der Waals surface area (Å²) in [6.07, 6.45) is 2.47. The van der Waals surface area contributed by atoms with Crippen LogP contribution in [0, 0.1) is 0 Å². The van der Waals surface area contributed by atoms with E-state index >= 15 is 0 Å². The molecule has 2 aromatic carbocycles. The van der Waals surface area contributed by atoms with Crippen LogP contribution in [0.4, 0.5) is 0 Å². The SMILES string of the molecule is O=C(CCCc1ccccc1)N1CC(Oc2ccc3ccccc3n2)C1. The minimum Gasteiger partial charge on any atom is -0.471 e. The topological polar surface area (TPSA) is 42.4 Å². The van der Waals surface area contributed by atoms with Crippen molar-refractivity contribution >= 4 is 16.8 Å². The van der Waals surface area contributed by atoms with E-state index < -0.39 is 0 Å². The number of carbonyl (C=O) groups is 1. The largest absolute Gasteiger partial charge is 0.471 e. The van der Waals surface area contributed by atoms with Crippen LogP contribution in [-0.2, 0) is 11.2 Å². The van der Waals surface area contributed by atoms with Crippen LogP contribution in [0.3, 0.4) is 0 Å². The molecule has 0 radical (unpaired) electrons. The number of benzene rings is 2. The maximum Gasteiger partial charge on any atom is 0.222 e. The second-order valence-electron chi connectivity index (χ2n) is 6.72. The van der Waals surface area contributed by atoms with Crippen LogP contribution < -0.4 is 4.74 Å². The predicted molar refractivity (Wildman–Crippen MR) is 102 cm³/mol. The van der Waals surface area contributed by atoms with Gasteiger partial charge in [-0.15, -0.1) is 0 Å². The first-order chi connectivity index (χ1) is 12.8. The third kappa shape index (κ3) is 3.85. The number of hydrogen-bond donors (Lipinski definition) is 0. The van der Waals surface area contributed by atoms with Crippen molar-refractivity contribution in [1.29, 1.82) is 0 Å². The number of carbonyl (C=O) groups excluding carboxylic acids is 1. The van der Waals surface area contributed by atoms with Crippen molar-refractivity contribution in [3.05, 3.63) is 72.3 Å². The Morgan fingerprint density at radius 3 is 2.62 bits per heavy atom. The van der Waals surface area contributed by atoms with Crippen LogP contribution in [0.25, 0.3) is 10.9 Å². The fourth-order valence-corrected chi connectivity index (χ4v) is 3.25. The summed E-state index contributed by atoms with van der Waals surface area (Å²) in [7, 11) is 0. The molecule has 4 rings (SSSR count). The summed E-state index contributed by atoms with van der Waals surface area (Å²) in [6.45, 7) is 1.30. The summed E-state index contributed by atoms with van der Waals surface area (Å²) in [4.78, 5) is 18.6. The molecule has 0 unspecified atom stereocenters. The van der Waals surface area contributed by atoms with Gasteiger partial charge in [-0.05, 0) is 30.5 Å². The van der Waals surface area contributed by atoms with Crippen molar-refractivity contribution in [3.8, 4) is 5.88 Å². The normalized spacial score (nSPS) is 14.2. The zero-order chi connectivity index (χ0) is 17.8. The van der Waals surface area contributed by atoms with Crippen molar-refractivity contribution in [2.45, 2.75) is 25.4 Å². The molecule has 132 valence electrons. The molecular weight excluding hydrogens is 324 g/mol. The number of amides is 1. The molecule has 0 saturated carbocycles. The van der Waals surface area contributed by atoms with Crippen LogP contribution in [-0.4, -0.2) is 35.0 Å². The van der Waals surface area contributed by atoms with E-state index in [1.165, 1.54) is 5.56 Å². The highest BCUT2D eigenvalue weighted by Gasteiger charge is 2.32. The molecule has 0 spiro atoms. The van der Waals surface area contributed by atoms with Crippen LogP contribution in [0.5, 0.6) is 5.88 Å². The summed E-state index contributed by atoms with van der Waals surface area (Å²) in [5, 5.41) is 1.10. The third-order valence-corrected chi connectivity index (χ3v) is 4.76. The Morgan fingerprint density at radius 2 is 1.77 bits per heavy atom. The van der Waals surface area contributed by atoms with Gasteiger partial charge < -0.3 is 9.64 Å². The van der Waals surface area contributed by atoms with E-state index in [0.29, 0.717) is 25.4 Å². The number of pyridine rings is 1. The molecule has 1 aromatic heterocycles. The maximum absolute atomic E-state index is 12.2. The Morgan fingerprint density at radius 1 is 1.00 bits per heavy atom. The standard InChI is InChI=1S/C22H22N2O2/c25-22(12-6-9-17-7-2-1-3-8-17)24-15-19(16-24)26-21-14-13-18-10-4-5-11-20(18)23-21/h1-5,7-8,10-11,13-14,19H,6,9,12,15-16H2. The molecule has 0 bridgehead atoms. The van der Waals surface area contributed by atoms with Crippen molar-refractivity contribution < 1.29 is 9.53 Å². The monoisotopic (exact) mass is 346 g/mol. The van der Waals surface area contributed by atoms with E-state index in [1.807, 2.05) is 59.5 Å². The highest BCUT2D eigenvalue weighted by molar-refractivity contribution is 5.79. The van der Waals surface area contributed by atoms with Gasteiger partial charge >= 0.3 is 0 Å². The van der Waals surface area contributed by atoms with Gasteiger partial charge in [-0.2, -0.15) is 0 Å². The molecular formula is C22H22N2O2. The number of likely N-dealkylation sites (tertiary alicyclic amines) is 1. The molecule has 26 heavy (non-hydrogen) atoms. The second kappa shape index (κ2) is 7.56. The van der Waals surface area contributed by atoms with Gasteiger partial charge in [0.15, 0.2) is 0 Å². The zero-order valence-electron chi connectivity index (χ0n) is 14.7. The highest BCUT2D eigenvalue weighted by atomic mass is 16.5. The van der Waals surface area contributed by atoms with E-state index in [1.54, 1.807) is 0 Å². The number of ether oxygens (including phenoxy) is 1. The van der Waals surface area contributed by atoms with Gasteiger partial charge in [0.2, 0.25) is 11.8 Å². The number of para-hydroxylation sites is 1. The first-order valence-electron chi connectivity index (χ1n) is 9.12. The predicted octanol–water partition coefficient (Wildman–Crippen LogP) is 3.85. The fraction of sp³-hybridized carbons (Fsp3) is 0.273. The molecule has 0 N–H and O–H groups in total. The Labute approximate surface area is 153 Å². The molecule has 4 nitrogen and oxygen atoms in total. The maximum atomic E-state index is 12.2. The van der Waals surface area contributed by atoms with Gasteiger partial charge in [0.25, 0.3) is 0 Å². The lowest BCUT2D eigenvalue weighted by molar-refractivity contribution is -0.140. The first kappa shape index (κ1) is 16.6. The number of fused-ring (bicyclic) bond motifs is 1. The molecule has 4 heteroatoms. The van der Waals surface area contributed by atoms with Gasteiger partial charge in [-0.25, -0.2) is 4.98 Å². The van der Waals surface area contributed by atoms with Crippen LogP contribution in [0.1, 0.15) is 18.4 Å². The number of hydrogen-bond acceptors (Lipinski definition) is 3. The highest BCUT2D eigenvalue weighted by Crippen LogP contribution is 2.21. The Kier molecular flexibility index (Phi) is 4.82. The van der Waals surface area contributed by atoms with Gasteiger partial charge in [0.05, 0.1) is 18.6 Å². The summed E-state index contributed by atoms with van der Waals surface area (Å²) in [5.41, 5.74) is 2.21. The van der Waals surface area contributed by atoms with E-state index in [4.69, 9.17) is 4.74 Å². The van der Waals surface area contributed by atoms with Crippen LogP contribution in [0.2, 0.25) is 0 Å². The summed E-state index contributed by atoms with van der Waals surface area (Å²) in [6, 6.07) is 22.2. The summed E-state index contributed by atoms with van der Waals surface area (Å²) in [5.74, 6) is 0.845. The molecule has 2 heterocycles. The molecule has 0 atom stereocenters. The Bertz CT molecular complexity index is 889. The number of nitrogens with zero attached hydrogens (tertiary/aromatic N) is 2. The average Bonchev–Trinajstić information content (AvgIpc) is 2.65. The van der Waals surface area contributed by atoms with Crippen LogP contribution in [0.15, 0.2) is 66.7 Å². The van der Waals surface area contributed by atoms with Crippen molar-refractivity contribution in [3.63, 3.8) is 0 Å². The van der Waals surface area contributed by atoms with E-state index in [-0.39, 0.29) is 12.0 Å². The van der Waals surface area contributed by atoms with Gasteiger partial charge in [-0.1, -0.05) is 48.5 Å². The second-order valence-corrected chi connectivity index (χ2v) is 6.72. The number of aromatic nitrogens is 1. The smallest absolute Gasteiger partial charge is 0.222 e. The zero-order valence-corrected chi connectivity index (χ0v) is 14.7. The van der Waals surface area contributed by atoms with Gasteiger partial charge in [-0.3, -0.25) is 4.79 Å². The quantitative estimate of drug-likeness (QED) is 0.681. The lowest BCUT2D eigenvalue weighted by Gasteiger charge is -2.38. The fourth-order valence-electron chi connectivity index (χ4n) is 3.25. The minimum absolute atomic E-state index is 0.0433. The van der Waals surface area contributed by atoms with Crippen molar-refractivity contribution in [2.24, 2.45) is 0 Å². The summed E-state index contributed by atoms with van der Waals surface area (Å²) < 4.78 is 5.91. The third-order valence-electron chi connectivity index (χ3n) is 4.76. The number of rotatable bonds is 6. The molecule has 1 aliphatic heterocycles. The lowest BCUT2D eigenvalue weighted by Crippen LogP contribution is -2.56. The molecule has 1 aliphatic rings. The van der Waals surface area contributed by atoms with Crippen molar-refractivity contribution in [1.82, 2.24) is 9.88 Å². The molecule has 1 fully saturated rings. The summed E-state index contributed by atoms with van der Waals surface area (Å²) >= 11 is 0. The Hall–Kier alpha value is -2.88. The van der Waals surface area contributed by atoms with Crippen LogP contribution >= 0.6 is 0 Å². The lowest BCUT2D eigenvalue weighted by atomic mass is 10.1. The van der Waals surface area contributed by atoms with E-state index in [2.05, 4.69) is 17.1 Å². The van der Waals surface area contributed by atoms with E-state index in [9.17, 15) is 4.79 Å².